The van der Waals surface area contributed by atoms with E-state index in [1.807, 2.05) is 30.3 Å². The highest BCUT2D eigenvalue weighted by atomic mass is 19.4. The zero-order chi connectivity index (χ0) is 21.0. The van der Waals surface area contributed by atoms with Crippen molar-refractivity contribution in [2.45, 2.75) is 31.9 Å². The van der Waals surface area contributed by atoms with Gasteiger partial charge in [-0.05, 0) is 42.5 Å². The Morgan fingerprint density at radius 2 is 1.83 bits per heavy atom. The first-order chi connectivity index (χ1) is 13.7. The summed E-state index contributed by atoms with van der Waals surface area (Å²) in [6.45, 7) is 0.382. The Bertz CT molecular complexity index is 880. The second-order valence-electron chi connectivity index (χ2n) is 7.36. The van der Waals surface area contributed by atoms with E-state index in [9.17, 15) is 27.2 Å². The standard InChI is InChI=1S/C22H21F4NO2/c23-19-12-17(11-18(13-19)22(24,25)26)21(29)27-9-8-20(28)10-16(14-27)7-6-15-4-2-1-3-5-15/h1-5,11-13,16H,6-10,14H2. The molecule has 1 unspecified atom stereocenters. The third-order valence-corrected chi connectivity index (χ3v) is 5.10. The number of ketones is 1. The van der Waals surface area contributed by atoms with Gasteiger partial charge in [0.1, 0.15) is 11.6 Å². The van der Waals surface area contributed by atoms with E-state index in [1.54, 1.807) is 0 Å². The van der Waals surface area contributed by atoms with E-state index in [4.69, 9.17) is 0 Å². The van der Waals surface area contributed by atoms with Gasteiger partial charge in [-0.25, -0.2) is 4.39 Å². The molecule has 1 heterocycles. The number of aryl methyl sites for hydroxylation is 1. The molecule has 7 heteroatoms. The van der Waals surface area contributed by atoms with Crippen molar-refractivity contribution in [1.82, 2.24) is 4.90 Å². The number of likely N-dealkylation sites (tertiary alicyclic amines) is 1. The third kappa shape index (κ3) is 5.65. The molecule has 0 saturated carbocycles. The fourth-order valence-corrected chi connectivity index (χ4v) is 3.60. The topological polar surface area (TPSA) is 37.4 Å². The summed E-state index contributed by atoms with van der Waals surface area (Å²) in [6.07, 6.45) is -2.86. The molecule has 0 aliphatic carbocycles. The molecule has 0 radical (unpaired) electrons. The lowest BCUT2D eigenvalue weighted by Crippen LogP contribution is -2.35. The SMILES string of the molecule is O=C1CCN(C(=O)c2cc(F)cc(C(F)(F)F)c2)CC(CCc2ccccc2)C1. The van der Waals surface area contributed by atoms with E-state index in [0.717, 1.165) is 18.1 Å². The van der Waals surface area contributed by atoms with Gasteiger partial charge in [0.05, 0.1) is 5.56 Å². The van der Waals surface area contributed by atoms with Crippen LogP contribution in [0.25, 0.3) is 0 Å². The lowest BCUT2D eigenvalue weighted by molar-refractivity contribution is -0.137. The second-order valence-corrected chi connectivity index (χ2v) is 7.36. The number of amides is 1. The Morgan fingerprint density at radius 1 is 1.10 bits per heavy atom. The Balaban J connectivity index is 1.75. The fraction of sp³-hybridized carbons (Fsp3) is 0.364. The van der Waals surface area contributed by atoms with Crippen LogP contribution < -0.4 is 0 Å². The molecule has 1 aliphatic heterocycles. The smallest absolute Gasteiger partial charge is 0.338 e. The van der Waals surface area contributed by atoms with Gasteiger partial charge in [0.15, 0.2) is 0 Å². The van der Waals surface area contributed by atoms with Crippen molar-refractivity contribution in [2.24, 2.45) is 5.92 Å². The van der Waals surface area contributed by atoms with E-state index < -0.39 is 23.5 Å². The molecule has 154 valence electrons. The van der Waals surface area contributed by atoms with Crippen LogP contribution in [0.5, 0.6) is 0 Å². The molecule has 29 heavy (non-hydrogen) atoms. The molecule has 3 rings (SSSR count). The molecule has 0 bridgehead atoms. The Kier molecular flexibility index (Phi) is 6.35. The van der Waals surface area contributed by atoms with E-state index in [-0.39, 0.29) is 36.8 Å². The molecule has 2 aromatic carbocycles. The lowest BCUT2D eigenvalue weighted by Gasteiger charge is -2.24. The van der Waals surface area contributed by atoms with Crippen LogP contribution >= 0.6 is 0 Å². The molecule has 0 N–H and O–H groups in total. The number of Topliss-reactive ketones (excluding diaryl/α,β-unsaturated/α-hetero) is 1. The fourth-order valence-electron chi connectivity index (χ4n) is 3.60. The second kappa shape index (κ2) is 8.76. The van der Waals surface area contributed by atoms with Crippen molar-refractivity contribution in [1.29, 1.82) is 0 Å². The van der Waals surface area contributed by atoms with Gasteiger partial charge < -0.3 is 4.90 Å². The molecule has 0 spiro atoms. The van der Waals surface area contributed by atoms with E-state index in [2.05, 4.69) is 0 Å². The van der Waals surface area contributed by atoms with Crippen LogP contribution in [0.2, 0.25) is 0 Å². The number of nitrogens with zero attached hydrogens (tertiary/aromatic N) is 1. The average molecular weight is 407 g/mol. The van der Waals surface area contributed by atoms with Crippen molar-refractivity contribution in [3.05, 3.63) is 71.0 Å². The highest BCUT2D eigenvalue weighted by Crippen LogP contribution is 2.31. The van der Waals surface area contributed by atoms with Crippen LogP contribution in [-0.2, 0) is 17.4 Å². The first-order valence-electron chi connectivity index (χ1n) is 9.45. The first-order valence-corrected chi connectivity index (χ1v) is 9.45. The summed E-state index contributed by atoms with van der Waals surface area (Å²) in [7, 11) is 0. The summed E-state index contributed by atoms with van der Waals surface area (Å²) >= 11 is 0. The normalized spacial score (nSPS) is 17.9. The highest BCUT2D eigenvalue weighted by molar-refractivity contribution is 5.95. The molecule has 1 fully saturated rings. The van der Waals surface area contributed by atoms with Crippen LogP contribution in [0, 0.1) is 11.7 Å². The highest BCUT2D eigenvalue weighted by Gasteiger charge is 2.33. The summed E-state index contributed by atoms with van der Waals surface area (Å²) in [5, 5.41) is 0. The van der Waals surface area contributed by atoms with Crippen molar-refractivity contribution < 1.29 is 27.2 Å². The van der Waals surface area contributed by atoms with E-state index >= 15 is 0 Å². The Morgan fingerprint density at radius 3 is 2.52 bits per heavy atom. The molecular formula is C22H21F4NO2. The van der Waals surface area contributed by atoms with Gasteiger partial charge in [-0.3, -0.25) is 9.59 Å². The summed E-state index contributed by atoms with van der Waals surface area (Å²) in [4.78, 5) is 26.3. The number of benzene rings is 2. The monoisotopic (exact) mass is 407 g/mol. The van der Waals surface area contributed by atoms with Gasteiger partial charge in [0.2, 0.25) is 0 Å². The van der Waals surface area contributed by atoms with Crippen LogP contribution in [0.4, 0.5) is 17.6 Å². The van der Waals surface area contributed by atoms with Crippen LogP contribution in [0.15, 0.2) is 48.5 Å². The van der Waals surface area contributed by atoms with Gasteiger partial charge in [-0.15, -0.1) is 0 Å². The summed E-state index contributed by atoms with van der Waals surface area (Å²) in [5.74, 6) is -1.87. The predicted octanol–water partition coefficient (Wildman–Crippen LogP) is 4.90. The predicted molar refractivity (Wildman–Crippen MR) is 99.8 cm³/mol. The Hall–Kier alpha value is -2.70. The van der Waals surface area contributed by atoms with Crippen molar-refractivity contribution in [3.63, 3.8) is 0 Å². The van der Waals surface area contributed by atoms with Gasteiger partial charge in [-0.1, -0.05) is 30.3 Å². The molecule has 1 amide bonds. The Labute approximate surface area is 166 Å². The summed E-state index contributed by atoms with van der Waals surface area (Å²) in [5.41, 5.74) is -0.442. The van der Waals surface area contributed by atoms with E-state index in [0.29, 0.717) is 25.0 Å². The maximum absolute atomic E-state index is 13.7. The first kappa shape index (κ1) is 21.0. The molecule has 3 nitrogen and oxygen atoms in total. The minimum atomic E-state index is -4.75. The molecule has 2 aromatic rings. The van der Waals surface area contributed by atoms with Crippen molar-refractivity contribution in [3.8, 4) is 0 Å². The number of carbonyl (C=O) groups excluding carboxylic acids is 2. The third-order valence-electron chi connectivity index (χ3n) is 5.10. The van der Waals surface area contributed by atoms with Crippen molar-refractivity contribution in [2.75, 3.05) is 13.1 Å². The molecule has 1 saturated heterocycles. The molecular weight excluding hydrogens is 386 g/mol. The zero-order valence-electron chi connectivity index (χ0n) is 15.7. The maximum Gasteiger partial charge on any atom is 0.416 e. The quantitative estimate of drug-likeness (QED) is 0.676. The van der Waals surface area contributed by atoms with Crippen LogP contribution in [-0.4, -0.2) is 29.7 Å². The van der Waals surface area contributed by atoms with E-state index in [1.165, 1.54) is 4.90 Å². The lowest BCUT2D eigenvalue weighted by atomic mass is 9.94. The minimum Gasteiger partial charge on any atom is -0.338 e. The molecule has 1 aliphatic rings. The number of carbonyl (C=O) groups is 2. The van der Waals surface area contributed by atoms with Gasteiger partial charge in [0, 0.05) is 31.5 Å². The van der Waals surface area contributed by atoms with Gasteiger partial charge >= 0.3 is 6.18 Å². The number of hydrogen-bond donors (Lipinski definition) is 0. The van der Waals surface area contributed by atoms with Crippen molar-refractivity contribution >= 4 is 11.7 Å². The number of halogens is 4. The molecule has 1 atom stereocenters. The summed E-state index contributed by atoms with van der Waals surface area (Å²) < 4.78 is 52.6. The van der Waals surface area contributed by atoms with Crippen LogP contribution in [0.3, 0.4) is 0 Å². The number of hydrogen-bond acceptors (Lipinski definition) is 2. The van der Waals surface area contributed by atoms with Gasteiger partial charge in [-0.2, -0.15) is 13.2 Å². The largest absolute Gasteiger partial charge is 0.416 e. The average Bonchev–Trinajstić information content (AvgIpc) is 2.87. The zero-order valence-corrected chi connectivity index (χ0v) is 15.7. The maximum atomic E-state index is 13.7. The molecule has 0 aromatic heterocycles. The van der Waals surface area contributed by atoms with Gasteiger partial charge in [0.25, 0.3) is 5.91 Å². The minimum absolute atomic E-state index is 0.0218. The van der Waals surface area contributed by atoms with Crippen LogP contribution in [0.1, 0.15) is 40.7 Å². The number of rotatable bonds is 4. The number of alkyl halides is 3. The summed E-state index contributed by atoms with van der Waals surface area (Å²) in [6, 6.07) is 11.6.